The van der Waals surface area contributed by atoms with E-state index in [9.17, 15) is 0 Å². The molecule has 2 atom stereocenters. The van der Waals surface area contributed by atoms with E-state index in [0.29, 0.717) is 13.0 Å². The summed E-state index contributed by atoms with van der Waals surface area (Å²) in [4.78, 5) is 2.41. The third kappa shape index (κ3) is 6.12. The number of ether oxygens (including phenoxy) is 2. The van der Waals surface area contributed by atoms with Gasteiger partial charge in [0.1, 0.15) is 0 Å². The molecule has 5 heteroatoms. The maximum Gasteiger partial charge on any atom is 0.161 e. The Morgan fingerprint density at radius 2 is 2.15 bits per heavy atom. The Morgan fingerprint density at radius 1 is 1.33 bits per heavy atom. The van der Waals surface area contributed by atoms with Gasteiger partial charge in [0.2, 0.25) is 0 Å². The summed E-state index contributed by atoms with van der Waals surface area (Å²) >= 11 is 0. The van der Waals surface area contributed by atoms with Crippen LogP contribution in [0.2, 0.25) is 0 Å². The Bertz CT molecular complexity index is 626. The van der Waals surface area contributed by atoms with Gasteiger partial charge in [-0.3, -0.25) is 0 Å². The van der Waals surface area contributed by atoms with Crippen molar-refractivity contribution in [2.75, 3.05) is 34.4 Å². The van der Waals surface area contributed by atoms with Crippen LogP contribution in [0, 0.1) is 17.2 Å². The average molecular weight is 374 g/mol. The van der Waals surface area contributed by atoms with Crippen molar-refractivity contribution in [3.8, 4) is 17.6 Å². The van der Waals surface area contributed by atoms with Crippen molar-refractivity contribution < 1.29 is 9.47 Å². The molecular weight excluding hydrogens is 338 g/mol. The lowest BCUT2D eigenvalue weighted by atomic mass is 9.75. The summed E-state index contributed by atoms with van der Waals surface area (Å²) in [5, 5.41) is 12.3. The summed E-state index contributed by atoms with van der Waals surface area (Å²) in [6.07, 6.45) is 6.40. The summed E-state index contributed by atoms with van der Waals surface area (Å²) in [6, 6.07) is 8.23. The Hall–Kier alpha value is -1.77. The largest absolute Gasteiger partial charge is 0.493 e. The second kappa shape index (κ2) is 10.5. The molecule has 0 amide bonds. The summed E-state index contributed by atoms with van der Waals surface area (Å²) < 4.78 is 11.2. The van der Waals surface area contributed by atoms with Gasteiger partial charge in [-0.2, -0.15) is 5.26 Å². The fourth-order valence-corrected chi connectivity index (χ4v) is 4.07. The van der Waals surface area contributed by atoms with Crippen LogP contribution in [0.3, 0.4) is 0 Å². The van der Waals surface area contributed by atoms with E-state index in [1.165, 1.54) is 31.2 Å². The van der Waals surface area contributed by atoms with Crippen molar-refractivity contribution in [2.45, 2.75) is 57.5 Å². The van der Waals surface area contributed by atoms with Gasteiger partial charge in [-0.25, -0.2) is 0 Å². The highest BCUT2D eigenvalue weighted by atomic mass is 16.5. The summed E-state index contributed by atoms with van der Waals surface area (Å²) in [6.45, 7) is 4.70. The molecule has 0 spiro atoms. The van der Waals surface area contributed by atoms with Crippen LogP contribution in [-0.4, -0.2) is 44.8 Å². The Balaban J connectivity index is 1.95. The summed E-state index contributed by atoms with van der Waals surface area (Å²) in [5.74, 6) is 2.28. The Labute approximate surface area is 164 Å². The first-order valence-electron chi connectivity index (χ1n) is 10.1. The number of nitrogens with one attached hydrogen (secondary N) is 1. The van der Waals surface area contributed by atoms with Gasteiger partial charge in [-0.15, -0.1) is 0 Å². The quantitative estimate of drug-likeness (QED) is 0.629. The average Bonchev–Trinajstić information content (AvgIpc) is 2.65. The van der Waals surface area contributed by atoms with E-state index in [-0.39, 0.29) is 5.54 Å². The normalized spacial score (nSPS) is 22.4. The van der Waals surface area contributed by atoms with Crippen LogP contribution >= 0.6 is 0 Å². The highest BCUT2D eigenvalue weighted by molar-refractivity contribution is 5.43. The van der Waals surface area contributed by atoms with Gasteiger partial charge in [-0.05, 0) is 57.0 Å². The molecule has 150 valence electrons. The summed E-state index contributed by atoms with van der Waals surface area (Å²) in [7, 11) is 6.07. The highest BCUT2D eigenvalue weighted by Gasteiger charge is 2.36. The number of unbranched alkanes of at least 4 members (excludes halogenated alkanes) is 1. The predicted octanol–water partition coefficient (Wildman–Crippen LogP) is 3.98. The molecule has 1 aromatic rings. The van der Waals surface area contributed by atoms with E-state index < -0.39 is 0 Å². The van der Waals surface area contributed by atoms with Crippen molar-refractivity contribution >= 4 is 0 Å². The molecule has 1 fully saturated rings. The van der Waals surface area contributed by atoms with Gasteiger partial charge in [0.05, 0.1) is 19.8 Å². The molecule has 1 saturated carbocycles. The molecule has 2 rings (SSSR count). The van der Waals surface area contributed by atoms with Crippen LogP contribution in [0.25, 0.3) is 0 Å². The first-order chi connectivity index (χ1) is 13.0. The maximum absolute atomic E-state index is 8.65. The van der Waals surface area contributed by atoms with Crippen LogP contribution in [-0.2, 0) is 6.54 Å². The molecule has 27 heavy (non-hydrogen) atoms. The number of likely N-dealkylation sites (N-methyl/N-ethyl adjacent to an activating group) is 1. The lowest BCUT2D eigenvalue weighted by Gasteiger charge is -2.45. The number of nitriles is 1. The monoisotopic (exact) mass is 373 g/mol. The SMILES string of the molecule is COc1ccc(CNCC2(N(C)C)CCCC(C)C2)cc1OCCCC#N. The predicted molar refractivity (Wildman–Crippen MR) is 109 cm³/mol. The van der Waals surface area contributed by atoms with Crippen molar-refractivity contribution in [1.82, 2.24) is 10.2 Å². The second-order valence-corrected chi connectivity index (χ2v) is 8.02. The van der Waals surface area contributed by atoms with E-state index in [0.717, 1.165) is 36.9 Å². The molecule has 0 aliphatic heterocycles. The minimum atomic E-state index is 0.251. The first-order valence-corrected chi connectivity index (χ1v) is 10.1. The van der Waals surface area contributed by atoms with Crippen LogP contribution in [0.15, 0.2) is 18.2 Å². The standard InChI is InChI=1S/C22H35N3O2/c1-18-8-7-11-22(15-18,25(2)3)17-24-16-19-9-10-20(26-4)21(14-19)27-13-6-5-12-23/h9-10,14,18,24H,5-8,11,13,15-17H2,1-4H3. The topological polar surface area (TPSA) is 57.5 Å². The van der Waals surface area contributed by atoms with Gasteiger partial charge in [0.25, 0.3) is 0 Å². The third-order valence-corrected chi connectivity index (χ3v) is 5.72. The zero-order chi connectivity index (χ0) is 19.7. The Morgan fingerprint density at radius 3 is 2.81 bits per heavy atom. The molecule has 0 saturated heterocycles. The zero-order valence-corrected chi connectivity index (χ0v) is 17.4. The molecule has 1 N–H and O–H groups in total. The van der Waals surface area contributed by atoms with E-state index in [4.69, 9.17) is 14.7 Å². The molecular formula is C22H35N3O2. The van der Waals surface area contributed by atoms with Crippen LogP contribution in [0.4, 0.5) is 0 Å². The molecule has 1 aromatic carbocycles. The van der Waals surface area contributed by atoms with Gasteiger partial charge in [-0.1, -0.05) is 25.8 Å². The van der Waals surface area contributed by atoms with Crippen molar-refractivity contribution in [1.29, 1.82) is 5.26 Å². The van der Waals surface area contributed by atoms with Crippen molar-refractivity contribution in [2.24, 2.45) is 5.92 Å². The Kier molecular flexibility index (Phi) is 8.40. The number of hydrogen-bond acceptors (Lipinski definition) is 5. The van der Waals surface area contributed by atoms with Crippen LogP contribution < -0.4 is 14.8 Å². The van der Waals surface area contributed by atoms with E-state index in [1.807, 2.05) is 12.1 Å². The molecule has 1 aliphatic rings. The van der Waals surface area contributed by atoms with Crippen molar-refractivity contribution in [3.05, 3.63) is 23.8 Å². The van der Waals surface area contributed by atoms with Crippen LogP contribution in [0.5, 0.6) is 11.5 Å². The highest BCUT2D eigenvalue weighted by Crippen LogP contribution is 2.35. The number of methoxy groups -OCH3 is 1. The van der Waals surface area contributed by atoms with E-state index in [2.05, 4.69) is 43.4 Å². The minimum Gasteiger partial charge on any atom is -0.493 e. The smallest absolute Gasteiger partial charge is 0.161 e. The van der Waals surface area contributed by atoms with E-state index >= 15 is 0 Å². The molecule has 5 nitrogen and oxygen atoms in total. The van der Waals surface area contributed by atoms with Crippen LogP contribution in [0.1, 0.15) is 51.0 Å². The lowest BCUT2D eigenvalue weighted by Crippen LogP contribution is -2.54. The molecule has 0 radical (unpaired) electrons. The molecule has 0 heterocycles. The fourth-order valence-electron chi connectivity index (χ4n) is 4.07. The molecule has 0 bridgehead atoms. The molecule has 2 unspecified atom stereocenters. The number of hydrogen-bond donors (Lipinski definition) is 1. The van der Waals surface area contributed by atoms with Gasteiger partial charge >= 0.3 is 0 Å². The zero-order valence-electron chi connectivity index (χ0n) is 17.4. The van der Waals surface area contributed by atoms with E-state index in [1.54, 1.807) is 7.11 Å². The molecule has 0 aromatic heterocycles. The first kappa shape index (κ1) is 21.5. The molecule has 1 aliphatic carbocycles. The minimum absolute atomic E-state index is 0.251. The van der Waals surface area contributed by atoms with Gasteiger partial charge in [0.15, 0.2) is 11.5 Å². The summed E-state index contributed by atoms with van der Waals surface area (Å²) in [5.41, 5.74) is 1.43. The number of benzene rings is 1. The van der Waals surface area contributed by atoms with Gasteiger partial charge < -0.3 is 19.7 Å². The number of rotatable bonds is 10. The maximum atomic E-state index is 8.65. The fraction of sp³-hybridized carbons (Fsp3) is 0.682. The van der Waals surface area contributed by atoms with Gasteiger partial charge in [0, 0.05) is 25.0 Å². The lowest BCUT2D eigenvalue weighted by molar-refractivity contribution is 0.0749. The third-order valence-electron chi connectivity index (χ3n) is 5.72. The second-order valence-electron chi connectivity index (χ2n) is 8.02. The van der Waals surface area contributed by atoms with Crippen molar-refractivity contribution in [3.63, 3.8) is 0 Å². The number of nitrogens with zero attached hydrogens (tertiary/aromatic N) is 2.